The van der Waals surface area contributed by atoms with Gasteiger partial charge in [0.25, 0.3) is 0 Å². The quantitative estimate of drug-likeness (QED) is 0.854. The Balaban J connectivity index is 1.56. The van der Waals surface area contributed by atoms with E-state index in [1.165, 1.54) is 0 Å². The monoisotopic (exact) mass is 330 g/mol. The molecule has 0 radical (unpaired) electrons. The number of anilines is 1. The van der Waals surface area contributed by atoms with Gasteiger partial charge < -0.3 is 15.0 Å². The number of hydrogen-bond acceptors (Lipinski definition) is 6. The second-order valence-corrected chi connectivity index (χ2v) is 5.79. The fourth-order valence-electron chi connectivity index (χ4n) is 2.82. The van der Waals surface area contributed by atoms with Crippen LogP contribution in [0.1, 0.15) is 19.3 Å². The van der Waals surface area contributed by atoms with E-state index in [1.54, 1.807) is 11.8 Å². The van der Waals surface area contributed by atoms with Gasteiger partial charge >= 0.3 is 0 Å². The summed E-state index contributed by atoms with van der Waals surface area (Å²) in [5, 5.41) is 15.3. The van der Waals surface area contributed by atoms with Gasteiger partial charge in [0.15, 0.2) is 0 Å². The van der Waals surface area contributed by atoms with Gasteiger partial charge in [-0.3, -0.25) is 4.79 Å². The number of para-hydroxylation sites is 1. The van der Waals surface area contributed by atoms with Gasteiger partial charge in [-0.2, -0.15) is 4.68 Å². The summed E-state index contributed by atoms with van der Waals surface area (Å²) in [7, 11) is 1.61. The van der Waals surface area contributed by atoms with Gasteiger partial charge in [-0.15, -0.1) is 0 Å². The molecule has 0 unspecified atom stereocenters. The molecule has 2 heterocycles. The molecule has 128 valence electrons. The summed E-state index contributed by atoms with van der Waals surface area (Å²) in [6.45, 7) is 1.96. The van der Waals surface area contributed by atoms with E-state index in [2.05, 4.69) is 20.8 Å². The highest BCUT2D eigenvalue weighted by atomic mass is 16.5. The fourth-order valence-corrected chi connectivity index (χ4v) is 2.82. The summed E-state index contributed by atoms with van der Waals surface area (Å²) in [6, 6.07) is 10.0. The molecular weight excluding hydrogens is 308 g/mol. The summed E-state index contributed by atoms with van der Waals surface area (Å²) >= 11 is 0. The number of likely N-dealkylation sites (tertiary alicyclic amines) is 1. The maximum absolute atomic E-state index is 12.0. The van der Waals surface area contributed by atoms with E-state index in [1.807, 2.05) is 35.2 Å². The molecule has 0 bridgehead atoms. The molecule has 1 fully saturated rings. The topological polar surface area (TPSA) is 85.2 Å². The summed E-state index contributed by atoms with van der Waals surface area (Å²) in [6.07, 6.45) is 2.20. The Morgan fingerprint density at radius 2 is 2.04 bits per heavy atom. The lowest BCUT2D eigenvalue weighted by Gasteiger charge is -2.32. The molecule has 8 nitrogen and oxygen atoms in total. The first kappa shape index (κ1) is 16.4. The highest BCUT2D eigenvalue weighted by Gasteiger charge is 2.23. The minimum Gasteiger partial charge on any atom is -0.384 e. The molecular formula is C16H22N6O2. The summed E-state index contributed by atoms with van der Waals surface area (Å²) in [4.78, 5) is 13.9. The van der Waals surface area contributed by atoms with E-state index in [0.717, 1.165) is 31.6 Å². The third-order valence-corrected chi connectivity index (χ3v) is 4.17. The number of piperidine rings is 1. The Labute approximate surface area is 140 Å². The first-order valence-electron chi connectivity index (χ1n) is 8.15. The van der Waals surface area contributed by atoms with E-state index in [-0.39, 0.29) is 11.9 Å². The fraction of sp³-hybridized carbons (Fsp3) is 0.500. The van der Waals surface area contributed by atoms with Crippen LogP contribution in [0.3, 0.4) is 0 Å². The molecule has 1 amide bonds. The molecule has 24 heavy (non-hydrogen) atoms. The number of nitrogens with one attached hydrogen (secondary N) is 1. The van der Waals surface area contributed by atoms with Crippen LogP contribution in [0.2, 0.25) is 0 Å². The molecule has 3 rings (SSSR count). The minimum atomic E-state index is 0.157. The molecule has 1 aromatic heterocycles. The zero-order valence-electron chi connectivity index (χ0n) is 13.8. The number of hydrogen-bond donors (Lipinski definition) is 1. The first-order valence-corrected chi connectivity index (χ1v) is 8.15. The third-order valence-electron chi connectivity index (χ3n) is 4.17. The van der Waals surface area contributed by atoms with E-state index in [9.17, 15) is 4.79 Å². The van der Waals surface area contributed by atoms with Crippen molar-refractivity contribution in [3.05, 3.63) is 30.3 Å². The van der Waals surface area contributed by atoms with Gasteiger partial charge in [0.05, 0.1) is 18.7 Å². The van der Waals surface area contributed by atoms with Crippen molar-refractivity contribution in [2.45, 2.75) is 25.3 Å². The second-order valence-electron chi connectivity index (χ2n) is 5.79. The van der Waals surface area contributed by atoms with Crippen LogP contribution >= 0.6 is 0 Å². The number of aromatic nitrogens is 4. The van der Waals surface area contributed by atoms with Gasteiger partial charge in [0.1, 0.15) is 0 Å². The van der Waals surface area contributed by atoms with Crippen LogP contribution in [0.5, 0.6) is 0 Å². The Morgan fingerprint density at radius 1 is 1.29 bits per heavy atom. The Bertz CT molecular complexity index is 652. The Kier molecular flexibility index (Phi) is 5.37. The van der Waals surface area contributed by atoms with Crippen LogP contribution in [0.15, 0.2) is 30.3 Å². The highest BCUT2D eigenvalue weighted by molar-refractivity contribution is 5.76. The van der Waals surface area contributed by atoms with Crippen LogP contribution in [-0.2, 0) is 9.53 Å². The molecule has 0 saturated carbocycles. The second kappa shape index (κ2) is 7.87. The number of amides is 1. The zero-order chi connectivity index (χ0) is 16.8. The molecule has 8 heteroatoms. The largest absolute Gasteiger partial charge is 0.384 e. The number of tetrazole rings is 1. The standard InChI is InChI=1S/C16H22N6O2/c1-24-12-9-15(23)21-10-7-13(8-11-21)17-16-18-19-20-22(16)14-5-3-2-4-6-14/h2-6,13H,7-12H2,1H3,(H,17,18,20). The van der Waals surface area contributed by atoms with E-state index in [4.69, 9.17) is 4.74 Å². The maximum atomic E-state index is 12.0. The van der Waals surface area contributed by atoms with Crippen molar-refractivity contribution in [1.82, 2.24) is 25.1 Å². The normalized spacial score (nSPS) is 15.5. The average Bonchev–Trinajstić information content (AvgIpc) is 3.09. The number of benzene rings is 1. The van der Waals surface area contributed by atoms with Crippen molar-refractivity contribution in [2.24, 2.45) is 0 Å². The zero-order valence-corrected chi connectivity index (χ0v) is 13.8. The van der Waals surface area contributed by atoms with Crippen molar-refractivity contribution in [1.29, 1.82) is 0 Å². The Hall–Kier alpha value is -2.48. The van der Waals surface area contributed by atoms with Gasteiger partial charge in [-0.1, -0.05) is 23.3 Å². The summed E-state index contributed by atoms with van der Waals surface area (Å²) < 4.78 is 6.66. The maximum Gasteiger partial charge on any atom is 0.247 e. The number of carbonyl (C=O) groups excluding carboxylic acids is 1. The van der Waals surface area contributed by atoms with Crippen LogP contribution < -0.4 is 5.32 Å². The number of carbonyl (C=O) groups is 1. The van der Waals surface area contributed by atoms with Crippen molar-refractivity contribution in [3.63, 3.8) is 0 Å². The molecule has 1 aliphatic rings. The number of methoxy groups -OCH3 is 1. The van der Waals surface area contributed by atoms with E-state index >= 15 is 0 Å². The minimum absolute atomic E-state index is 0.157. The van der Waals surface area contributed by atoms with E-state index < -0.39 is 0 Å². The molecule has 1 aromatic carbocycles. The molecule has 0 atom stereocenters. The number of nitrogens with zero attached hydrogens (tertiary/aromatic N) is 5. The lowest BCUT2D eigenvalue weighted by Crippen LogP contribution is -2.42. The highest BCUT2D eigenvalue weighted by Crippen LogP contribution is 2.17. The van der Waals surface area contributed by atoms with Crippen LogP contribution in [0, 0.1) is 0 Å². The van der Waals surface area contributed by atoms with Crippen molar-refractivity contribution >= 4 is 11.9 Å². The van der Waals surface area contributed by atoms with Crippen molar-refractivity contribution < 1.29 is 9.53 Å². The first-order chi connectivity index (χ1) is 11.8. The Morgan fingerprint density at radius 3 is 2.75 bits per heavy atom. The van der Waals surface area contributed by atoms with Gasteiger partial charge in [-0.25, -0.2) is 0 Å². The van der Waals surface area contributed by atoms with Gasteiger partial charge in [-0.05, 0) is 35.4 Å². The van der Waals surface area contributed by atoms with Crippen molar-refractivity contribution in [3.8, 4) is 5.69 Å². The predicted octanol–water partition coefficient (Wildman–Crippen LogP) is 1.10. The number of ether oxygens (including phenoxy) is 1. The number of rotatable bonds is 6. The lowest BCUT2D eigenvalue weighted by atomic mass is 10.0. The lowest BCUT2D eigenvalue weighted by molar-refractivity contribution is -0.133. The van der Waals surface area contributed by atoms with Crippen molar-refractivity contribution in [2.75, 3.05) is 32.1 Å². The average molecular weight is 330 g/mol. The smallest absolute Gasteiger partial charge is 0.247 e. The molecule has 1 saturated heterocycles. The molecule has 0 aliphatic carbocycles. The van der Waals surface area contributed by atoms with Crippen LogP contribution in [-0.4, -0.2) is 63.9 Å². The van der Waals surface area contributed by atoms with E-state index in [0.29, 0.717) is 19.0 Å². The van der Waals surface area contributed by atoms with Crippen LogP contribution in [0.4, 0.5) is 5.95 Å². The van der Waals surface area contributed by atoms with Gasteiger partial charge in [0, 0.05) is 26.2 Å². The SMILES string of the molecule is COCCC(=O)N1CCC(Nc2nnnn2-c2ccccc2)CC1. The van der Waals surface area contributed by atoms with Gasteiger partial charge in [0.2, 0.25) is 11.9 Å². The van der Waals surface area contributed by atoms with Crippen LogP contribution in [0.25, 0.3) is 5.69 Å². The molecule has 0 spiro atoms. The molecule has 2 aromatic rings. The predicted molar refractivity (Wildman–Crippen MR) is 88.9 cm³/mol. The summed E-state index contributed by atoms with van der Waals surface area (Å²) in [5.41, 5.74) is 0.914. The molecule has 1 aliphatic heterocycles. The molecule has 1 N–H and O–H groups in total. The summed E-state index contributed by atoms with van der Waals surface area (Å²) in [5.74, 6) is 0.787. The third kappa shape index (κ3) is 3.88.